The van der Waals surface area contributed by atoms with Crippen molar-refractivity contribution in [2.75, 3.05) is 13.7 Å². The van der Waals surface area contributed by atoms with Crippen molar-refractivity contribution in [2.45, 2.75) is 37.0 Å². The maximum absolute atomic E-state index is 11.2. The Morgan fingerprint density at radius 3 is 2.42 bits per heavy atom. The first-order valence-electron chi connectivity index (χ1n) is 11.2. The number of aromatic nitrogens is 2. The number of hydrogen-bond acceptors (Lipinski definition) is 5. The van der Waals surface area contributed by atoms with E-state index in [1.165, 1.54) is 12.7 Å². The van der Waals surface area contributed by atoms with Crippen molar-refractivity contribution in [3.05, 3.63) is 84.2 Å². The standard InChI is InChI=1S/C27H28N2O3S/c1-31-26(30)15-9-4-10-16-32-22-18-23-27(24(33)19-22)28-25(17-20-11-5-2-6-12-20)29(23)21-13-7-3-8-14-21/h2-3,5-8,11-14,18-19,33H,4,9-10,15-17H2,1H3. The van der Waals surface area contributed by atoms with Gasteiger partial charge in [-0.05, 0) is 43.0 Å². The van der Waals surface area contributed by atoms with Gasteiger partial charge < -0.3 is 9.47 Å². The van der Waals surface area contributed by atoms with Gasteiger partial charge in [0, 0.05) is 29.5 Å². The van der Waals surface area contributed by atoms with Crippen LogP contribution in [0.5, 0.6) is 5.75 Å². The van der Waals surface area contributed by atoms with Crippen molar-refractivity contribution >= 4 is 29.6 Å². The number of carbonyl (C=O) groups is 1. The molecule has 33 heavy (non-hydrogen) atoms. The predicted octanol–water partition coefficient (Wildman–Crippen LogP) is 6.02. The fraction of sp³-hybridized carbons (Fsp3) is 0.259. The number of benzene rings is 3. The van der Waals surface area contributed by atoms with Gasteiger partial charge in [-0.2, -0.15) is 0 Å². The number of hydrogen-bond donors (Lipinski definition) is 1. The Morgan fingerprint density at radius 1 is 0.970 bits per heavy atom. The van der Waals surface area contributed by atoms with E-state index in [0.717, 1.165) is 52.5 Å². The Bertz CT molecular complexity index is 1210. The molecule has 4 rings (SSSR count). The third-order valence-corrected chi connectivity index (χ3v) is 5.87. The Hall–Kier alpha value is -3.25. The highest BCUT2D eigenvalue weighted by Crippen LogP contribution is 2.31. The first-order chi connectivity index (χ1) is 16.2. The fourth-order valence-corrected chi connectivity index (χ4v) is 4.16. The zero-order valence-electron chi connectivity index (χ0n) is 18.7. The Morgan fingerprint density at radius 2 is 1.70 bits per heavy atom. The Balaban J connectivity index is 1.58. The van der Waals surface area contributed by atoms with E-state index in [-0.39, 0.29) is 5.97 Å². The SMILES string of the molecule is COC(=O)CCCCCOc1cc(S)c2nc(Cc3ccccc3)n(-c3ccccc3)c2c1. The normalized spacial score (nSPS) is 11.0. The molecular weight excluding hydrogens is 432 g/mol. The molecule has 0 aliphatic carbocycles. The van der Waals surface area contributed by atoms with Crippen molar-refractivity contribution in [3.63, 3.8) is 0 Å². The highest BCUT2D eigenvalue weighted by atomic mass is 32.1. The fourth-order valence-electron chi connectivity index (χ4n) is 3.87. The average Bonchev–Trinajstić information content (AvgIpc) is 3.20. The third kappa shape index (κ3) is 5.76. The number of nitrogens with zero attached hydrogens (tertiary/aromatic N) is 2. The molecule has 0 bridgehead atoms. The number of imidazole rings is 1. The van der Waals surface area contributed by atoms with Crippen molar-refractivity contribution in [1.82, 2.24) is 9.55 Å². The predicted molar refractivity (Wildman–Crippen MR) is 134 cm³/mol. The van der Waals surface area contributed by atoms with Gasteiger partial charge in [-0.1, -0.05) is 48.5 Å². The van der Waals surface area contributed by atoms with Crippen LogP contribution >= 0.6 is 12.6 Å². The maximum Gasteiger partial charge on any atom is 0.305 e. The molecule has 4 aromatic rings. The van der Waals surface area contributed by atoms with Gasteiger partial charge in [0.15, 0.2) is 0 Å². The molecule has 6 heteroatoms. The molecule has 170 valence electrons. The quantitative estimate of drug-likeness (QED) is 0.179. The molecule has 0 amide bonds. The van der Waals surface area contributed by atoms with Crippen LogP contribution in [-0.2, 0) is 16.0 Å². The van der Waals surface area contributed by atoms with Crippen LogP contribution in [0.2, 0.25) is 0 Å². The lowest BCUT2D eigenvalue weighted by molar-refractivity contribution is -0.140. The Kier molecular flexibility index (Phi) is 7.68. The van der Waals surface area contributed by atoms with Crippen LogP contribution in [0.25, 0.3) is 16.7 Å². The average molecular weight is 461 g/mol. The zero-order valence-corrected chi connectivity index (χ0v) is 19.6. The topological polar surface area (TPSA) is 53.4 Å². The van der Waals surface area contributed by atoms with Crippen LogP contribution < -0.4 is 4.74 Å². The minimum absolute atomic E-state index is 0.165. The summed E-state index contributed by atoms with van der Waals surface area (Å²) < 4.78 is 12.9. The molecule has 1 aromatic heterocycles. The van der Waals surface area contributed by atoms with Gasteiger partial charge in [0.1, 0.15) is 17.1 Å². The molecule has 0 saturated carbocycles. The van der Waals surface area contributed by atoms with E-state index in [9.17, 15) is 4.79 Å². The van der Waals surface area contributed by atoms with Crippen LogP contribution in [0.4, 0.5) is 0 Å². The van der Waals surface area contributed by atoms with E-state index in [1.807, 2.05) is 48.5 Å². The van der Waals surface area contributed by atoms with E-state index in [0.29, 0.717) is 19.4 Å². The molecule has 0 spiro atoms. The monoisotopic (exact) mass is 460 g/mol. The lowest BCUT2D eigenvalue weighted by Gasteiger charge is -2.11. The largest absolute Gasteiger partial charge is 0.493 e. The summed E-state index contributed by atoms with van der Waals surface area (Å²) in [5.74, 6) is 1.56. The molecule has 0 unspecified atom stereocenters. The number of esters is 1. The Labute approximate surface area is 199 Å². The second-order valence-corrected chi connectivity index (χ2v) is 8.39. The summed E-state index contributed by atoms with van der Waals surface area (Å²) in [6, 6.07) is 24.6. The van der Waals surface area contributed by atoms with E-state index < -0.39 is 0 Å². The number of ether oxygens (including phenoxy) is 2. The number of methoxy groups -OCH3 is 1. The number of carbonyl (C=O) groups excluding carboxylic acids is 1. The number of rotatable bonds is 10. The summed E-state index contributed by atoms with van der Waals surface area (Å²) in [5, 5.41) is 0. The van der Waals surface area contributed by atoms with Gasteiger partial charge >= 0.3 is 5.97 Å². The van der Waals surface area contributed by atoms with Crippen LogP contribution in [-0.4, -0.2) is 29.2 Å². The summed E-state index contributed by atoms with van der Waals surface area (Å²) in [6.45, 7) is 0.580. The summed E-state index contributed by atoms with van der Waals surface area (Å²) in [7, 11) is 1.42. The molecule has 0 fully saturated rings. The van der Waals surface area contributed by atoms with Gasteiger partial charge in [-0.25, -0.2) is 4.98 Å². The van der Waals surface area contributed by atoms with Gasteiger partial charge in [0.2, 0.25) is 0 Å². The number of unbranched alkanes of at least 4 members (excludes halogenated alkanes) is 2. The van der Waals surface area contributed by atoms with Crippen LogP contribution in [0.15, 0.2) is 77.7 Å². The second-order valence-electron chi connectivity index (χ2n) is 7.91. The van der Waals surface area contributed by atoms with E-state index in [2.05, 4.69) is 33.6 Å². The highest BCUT2D eigenvalue weighted by molar-refractivity contribution is 7.80. The van der Waals surface area contributed by atoms with Gasteiger partial charge in [-0.15, -0.1) is 12.6 Å². The zero-order chi connectivity index (χ0) is 23.0. The molecular formula is C27H28N2O3S. The number of thiol groups is 1. The molecule has 0 aliphatic rings. The molecule has 0 aliphatic heterocycles. The van der Waals surface area contributed by atoms with Gasteiger partial charge in [0.25, 0.3) is 0 Å². The smallest absolute Gasteiger partial charge is 0.305 e. The first-order valence-corrected chi connectivity index (χ1v) is 11.6. The lowest BCUT2D eigenvalue weighted by atomic mass is 10.1. The van der Waals surface area contributed by atoms with Crippen molar-refractivity contribution in [1.29, 1.82) is 0 Å². The molecule has 1 heterocycles. The maximum atomic E-state index is 11.2. The van der Waals surface area contributed by atoms with E-state index in [1.54, 1.807) is 0 Å². The van der Waals surface area contributed by atoms with Crippen molar-refractivity contribution in [2.24, 2.45) is 0 Å². The molecule has 0 atom stereocenters. The summed E-state index contributed by atoms with van der Waals surface area (Å²) >= 11 is 4.72. The molecule has 0 radical (unpaired) electrons. The van der Waals surface area contributed by atoms with Crippen molar-refractivity contribution < 1.29 is 14.3 Å². The van der Waals surface area contributed by atoms with Gasteiger partial charge in [-0.3, -0.25) is 9.36 Å². The minimum atomic E-state index is -0.165. The van der Waals surface area contributed by atoms with E-state index >= 15 is 0 Å². The molecule has 0 N–H and O–H groups in total. The number of fused-ring (bicyclic) bond motifs is 1. The third-order valence-electron chi connectivity index (χ3n) is 5.52. The molecule has 5 nitrogen and oxygen atoms in total. The van der Waals surface area contributed by atoms with E-state index in [4.69, 9.17) is 22.3 Å². The second kappa shape index (κ2) is 11.1. The summed E-state index contributed by atoms with van der Waals surface area (Å²) in [5.41, 5.74) is 4.09. The summed E-state index contributed by atoms with van der Waals surface area (Å²) in [6.07, 6.45) is 3.75. The first kappa shape index (κ1) is 22.9. The van der Waals surface area contributed by atoms with Gasteiger partial charge in [0.05, 0.1) is 19.2 Å². The minimum Gasteiger partial charge on any atom is -0.493 e. The lowest BCUT2D eigenvalue weighted by Crippen LogP contribution is -2.03. The molecule has 0 saturated heterocycles. The number of para-hydroxylation sites is 1. The highest BCUT2D eigenvalue weighted by Gasteiger charge is 2.16. The summed E-state index contributed by atoms with van der Waals surface area (Å²) in [4.78, 5) is 17.0. The van der Waals surface area contributed by atoms with Crippen molar-refractivity contribution in [3.8, 4) is 11.4 Å². The van der Waals surface area contributed by atoms with Crippen LogP contribution in [0.1, 0.15) is 37.1 Å². The molecule has 3 aromatic carbocycles. The van der Waals surface area contributed by atoms with Crippen LogP contribution in [0, 0.1) is 0 Å². The van der Waals surface area contributed by atoms with Crippen LogP contribution in [0.3, 0.4) is 0 Å².